The lowest BCUT2D eigenvalue weighted by atomic mass is 10.0. The van der Waals surface area contributed by atoms with Crippen LogP contribution in [0.5, 0.6) is 11.6 Å². The van der Waals surface area contributed by atoms with Gasteiger partial charge in [0.2, 0.25) is 5.88 Å². The molecule has 3 rings (SSSR count). The number of aromatic nitrogens is 1. The molecule has 0 N–H and O–H groups in total. The minimum atomic E-state index is -4.74. The van der Waals surface area contributed by atoms with Crippen LogP contribution in [-0.2, 0) is 6.18 Å². The predicted octanol–water partition coefficient (Wildman–Crippen LogP) is 5.58. The van der Waals surface area contributed by atoms with E-state index in [0.717, 1.165) is 17.0 Å². The Morgan fingerprint density at radius 1 is 1.10 bits per heavy atom. The quantitative estimate of drug-likeness (QED) is 0.605. The molecule has 1 aromatic heterocycles. The van der Waals surface area contributed by atoms with Gasteiger partial charge in [0.25, 0.3) is 0 Å². The maximum absolute atomic E-state index is 13.7. The van der Waals surface area contributed by atoms with Crippen LogP contribution in [0.15, 0.2) is 18.2 Å². The van der Waals surface area contributed by atoms with E-state index in [9.17, 15) is 26.3 Å². The second-order valence-corrected chi connectivity index (χ2v) is 7.32. The Balaban J connectivity index is 2.24. The number of pyridine rings is 1. The van der Waals surface area contributed by atoms with Gasteiger partial charge in [-0.3, -0.25) is 0 Å². The summed E-state index contributed by atoms with van der Waals surface area (Å²) in [6.07, 6.45) is -10.3. The average molecular weight is 422 g/mol. The van der Waals surface area contributed by atoms with Gasteiger partial charge >= 0.3 is 12.4 Å². The summed E-state index contributed by atoms with van der Waals surface area (Å²) in [6, 6.07) is 2.37. The van der Waals surface area contributed by atoms with Gasteiger partial charge in [-0.05, 0) is 33.8 Å². The summed E-state index contributed by atoms with van der Waals surface area (Å²) in [4.78, 5) is 5.11. The third kappa shape index (κ3) is 4.45. The number of nitrogens with zero attached hydrogens (tertiary/aromatic N) is 2. The van der Waals surface area contributed by atoms with Crippen molar-refractivity contribution in [2.75, 3.05) is 11.4 Å². The largest absolute Gasteiger partial charge is 0.486 e. The Bertz CT molecular complexity index is 910. The van der Waals surface area contributed by atoms with Crippen molar-refractivity contribution in [2.24, 2.45) is 0 Å². The number of anilines is 1. The second-order valence-electron chi connectivity index (χ2n) is 7.32. The number of hydrogen-bond donors (Lipinski definition) is 0. The zero-order valence-electron chi connectivity index (χ0n) is 16.1. The Labute approximate surface area is 163 Å². The molecule has 1 aromatic carbocycles. The lowest BCUT2D eigenvalue weighted by Crippen LogP contribution is -2.50. The van der Waals surface area contributed by atoms with Gasteiger partial charge in [0, 0.05) is 17.5 Å². The number of benzene rings is 1. The molecule has 0 saturated carbocycles. The predicted molar refractivity (Wildman–Crippen MR) is 95.5 cm³/mol. The molecule has 0 amide bonds. The average Bonchev–Trinajstić information content (AvgIpc) is 2.54. The summed E-state index contributed by atoms with van der Waals surface area (Å²) in [7, 11) is 0. The first kappa shape index (κ1) is 21.3. The molecule has 0 unspecified atom stereocenters. The van der Waals surface area contributed by atoms with Gasteiger partial charge in [-0.25, -0.2) is 4.98 Å². The van der Waals surface area contributed by atoms with Crippen LogP contribution in [0, 0.1) is 0 Å². The molecule has 10 heteroatoms. The van der Waals surface area contributed by atoms with Gasteiger partial charge in [-0.2, -0.15) is 26.3 Å². The highest BCUT2D eigenvalue weighted by Gasteiger charge is 2.40. The van der Waals surface area contributed by atoms with E-state index < -0.39 is 42.7 Å². The van der Waals surface area contributed by atoms with Gasteiger partial charge < -0.3 is 14.4 Å². The fourth-order valence-electron chi connectivity index (χ4n) is 3.27. The molecule has 0 radical (unpaired) electrons. The van der Waals surface area contributed by atoms with Crippen molar-refractivity contribution in [3.05, 3.63) is 23.8 Å². The Kier molecular flexibility index (Phi) is 5.25. The van der Waals surface area contributed by atoms with E-state index in [1.807, 2.05) is 0 Å². The Morgan fingerprint density at radius 3 is 2.31 bits per heavy atom. The molecule has 2 atom stereocenters. The molecule has 0 bridgehead atoms. The molecule has 2 aromatic rings. The third-order valence-electron chi connectivity index (χ3n) is 4.67. The molecule has 1 aliphatic rings. The number of ether oxygens (including phenoxy) is 2. The standard InChI is InChI=1S/C19H20F6N2O2/c1-9(2)28-17-6-13(19(23,24)25)12-5-15-16(7-14(12)26-17)29-11(4)10(3)27(15)8-18(20,21)22/h5-7,9-11H,8H2,1-4H3/t10-,11-/m1/s1. The highest BCUT2D eigenvalue weighted by molar-refractivity contribution is 5.90. The van der Waals surface area contributed by atoms with Crippen molar-refractivity contribution in [3.8, 4) is 11.6 Å². The molecule has 0 spiro atoms. The van der Waals surface area contributed by atoms with Crippen LogP contribution in [0.4, 0.5) is 32.0 Å². The van der Waals surface area contributed by atoms with E-state index in [4.69, 9.17) is 9.47 Å². The van der Waals surface area contributed by atoms with Crippen molar-refractivity contribution >= 4 is 16.6 Å². The first-order valence-electron chi connectivity index (χ1n) is 8.99. The van der Waals surface area contributed by atoms with Crippen LogP contribution < -0.4 is 14.4 Å². The van der Waals surface area contributed by atoms with Gasteiger partial charge in [-0.15, -0.1) is 0 Å². The minimum Gasteiger partial charge on any atom is -0.486 e. The minimum absolute atomic E-state index is 0.0506. The van der Waals surface area contributed by atoms with E-state index in [0.29, 0.717) is 0 Å². The first-order valence-corrected chi connectivity index (χ1v) is 8.99. The van der Waals surface area contributed by atoms with Crippen LogP contribution in [-0.4, -0.2) is 36.0 Å². The number of rotatable bonds is 3. The van der Waals surface area contributed by atoms with Crippen LogP contribution in [0.25, 0.3) is 10.9 Å². The van der Waals surface area contributed by atoms with Crippen molar-refractivity contribution in [1.29, 1.82) is 0 Å². The SMILES string of the molecule is CC(C)Oc1cc(C(F)(F)F)c2cc3c(cc2n1)O[C@H](C)[C@@H](C)N3CC(F)(F)F. The fraction of sp³-hybridized carbons (Fsp3) is 0.526. The zero-order valence-corrected chi connectivity index (χ0v) is 16.1. The lowest BCUT2D eigenvalue weighted by molar-refractivity contribution is -0.136. The molecule has 0 aliphatic carbocycles. The van der Waals surface area contributed by atoms with Crippen molar-refractivity contribution in [2.45, 2.75) is 58.3 Å². The topological polar surface area (TPSA) is 34.6 Å². The van der Waals surface area contributed by atoms with E-state index >= 15 is 0 Å². The molecule has 160 valence electrons. The summed E-state index contributed by atoms with van der Waals surface area (Å²) in [6.45, 7) is 5.13. The first-order chi connectivity index (χ1) is 13.3. The summed E-state index contributed by atoms with van der Waals surface area (Å²) >= 11 is 0. The number of alkyl halides is 6. The number of halogens is 6. The monoisotopic (exact) mass is 422 g/mol. The lowest BCUT2D eigenvalue weighted by Gasteiger charge is -2.41. The molecule has 0 fully saturated rings. The summed E-state index contributed by atoms with van der Waals surface area (Å²) in [5.41, 5.74) is -1.15. The summed E-state index contributed by atoms with van der Waals surface area (Å²) < 4.78 is 91.3. The van der Waals surface area contributed by atoms with Crippen LogP contribution >= 0.6 is 0 Å². The van der Waals surface area contributed by atoms with Crippen molar-refractivity contribution in [3.63, 3.8) is 0 Å². The normalized spacial score (nSPS) is 20.0. The van der Waals surface area contributed by atoms with Crippen LogP contribution in [0.1, 0.15) is 33.3 Å². The van der Waals surface area contributed by atoms with E-state index in [1.165, 1.54) is 13.0 Å². The van der Waals surface area contributed by atoms with Crippen molar-refractivity contribution in [1.82, 2.24) is 4.98 Å². The zero-order chi connectivity index (χ0) is 21.7. The highest BCUT2D eigenvalue weighted by atomic mass is 19.4. The summed E-state index contributed by atoms with van der Waals surface area (Å²) in [5, 5.41) is -0.315. The molecule has 29 heavy (non-hydrogen) atoms. The molecular weight excluding hydrogens is 402 g/mol. The van der Waals surface area contributed by atoms with Crippen molar-refractivity contribution < 1.29 is 35.8 Å². The van der Waals surface area contributed by atoms with Gasteiger partial charge in [0.15, 0.2) is 0 Å². The molecule has 4 nitrogen and oxygen atoms in total. The molecule has 1 aliphatic heterocycles. The highest BCUT2D eigenvalue weighted by Crippen LogP contribution is 2.44. The Hall–Kier alpha value is -2.39. The Morgan fingerprint density at radius 2 is 1.76 bits per heavy atom. The van der Waals surface area contributed by atoms with Gasteiger partial charge in [0.1, 0.15) is 18.4 Å². The molecule has 2 heterocycles. The molecule has 0 saturated heterocycles. The fourth-order valence-corrected chi connectivity index (χ4v) is 3.27. The molecular formula is C19H20F6N2O2. The second kappa shape index (κ2) is 7.14. The van der Waals surface area contributed by atoms with E-state index in [1.54, 1.807) is 20.8 Å². The van der Waals surface area contributed by atoms with Crippen LogP contribution in [0.3, 0.4) is 0 Å². The van der Waals surface area contributed by atoms with Gasteiger partial charge in [0.05, 0.1) is 28.9 Å². The van der Waals surface area contributed by atoms with Crippen LogP contribution in [0.2, 0.25) is 0 Å². The number of fused-ring (bicyclic) bond motifs is 2. The van der Waals surface area contributed by atoms with E-state index in [2.05, 4.69) is 4.98 Å². The summed E-state index contributed by atoms with van der Waals surface area (Å²) in [5.74, 6) is -0.168. The third-order valence-corrected chi connectivity index (χ3v) is 4.67. The maximum Gasteiger partial charge on any atom is 0.417 e. The number of hydrogen-bond acceptors (Lipinski definition) is 4. The maximum atomic E-state index is 13.7. The smallest absolute Gasteiger partial charge is 0.417 e. The van der Waals surface area contributed by atoms with Gasteiger partial charge in [-0.1, -0.05) is 0 Å². The van der Waals surface area contributed by atoms with E-state index in [-0.39, 0.29) is 28.2 Å².